The van der Waals surface area contributed by atoms with Gasteiger partial charge in [0.2, 0.25) is 5.91 Å². The van der Waals surface area contributed by atoms with Gasteiger partial charge in [-0.1, -0.05) is 0 Å². The molecule has 2 rings (SSSR count). The number of carbonyl (C=O) groups is 1. The van der Waals surface area contributed by atoms with E-state index in [1.165, 1.54) is 0 Å². The Hall–Kier alpha value is -1.10. The van der Waals surface area contributed by atoms with Crippen LogP contribution in [-0.4, -0.2) is 42.0 Å². The smallest absolute Gasteiger partial charge is 0.219 e. The van der Waals surface area contributed by atoms with Gasteiger partial charge in [-0.3, -0.25) is 4.79 Å². The molecule has 1 aliphatic rings. The fourth-order valence-corrected chi connectivity index (χ4v) is 2.54. The standard InChI is InChI=1S/C12H16BrN3O/c1-9-7-11(13)8-14-12(9)16-5-3-15(4-6-16)10(2)17/h7-8H,3-6H2,1-2H3. The minimum absolute atomic E-state index is 0.158. The Kier molecular flexibility index (Phi) is 3.66. The van der Waals surface area contributed by atoms with E-state index in [2.05, 4.69) is 38.8 Å². The average Bonchev–Trinajstić information content (AvgIpc) is 2.29. The van der Waals surface area contributed by atoms with E-state index in [1.54, 1.807) is 6.92 Å². The van der Waals surface area contributed by atoms with E-state index in [1.807, 2.05) is 11.1 Å². The maximum atomic E-state index is 11.2. The highest BCUT2D eigenvalue weighted by Crippen LogP contribution is 2.21. The highest BCUT2D eigenvalue weighted by molar-refractivity contribution is 9.10. The first kappa shape index (κ1) is 12.4. The summed E-state index contributed by atoms with van der Waals surface area (Å²) in [5.74, 6) is 1.18. The van der Waals surface area contributed by atoms with Gasteiger partial charge in [0.1, 0.15) is 5.82 Å². The normalized spacial score (nSPS) is 16.2. The first-order valence-electron chi connectivity index (χ1n) is 5.70. The number of aromatic nitrogens is 1. The Labute approximate surface area is 110 Å². The largest absolute Gasteiger partial charge is 0.353 e. The van der Waals surface area contributed by atoms with Crippen LogP contribution in [0, 0.1) is 6.92 Å². The molecule has 92 valence electrons. The number of halogens is 1. The second kappa shape index (κ2) is 5.04. The molecule has 1 aromatic rings. The van der Waals surface area contributed by atoms with Crippen LogP contribution in [0.3, 0.4) is 0 Å². The van der Waals surface area contributed by atoms with Crippen LogP contribution in [0.4, 0.5) is 5.82 Å². The van der Waals surface area contributed by atoms with Crippen molar-refractivity contribution in [3.05, 3.63) is 22.3 Å². The average molecular weight is 298 g/mol. The second-order valence-corrected chi connectivity index (χ2v) is 5.20. The van der Waals surface area contributed by atoms with E-state index in [0.29, 0.717) is 0 Å². The number of pyridine rings is 1. The topological polar surface area (TPSA) is 36.4 Å². The second-order valence-electron chi connectivity index (χ2n) is 4.29. The van der Waals surface area contributed by atoms with Crippen molar-refractivity contribution >= 4 is 27.7 Å². The van der Waals surface area contributed by atoms with Gasteiger partial charge in [0.25, 0.3) is 0 Å². The molecule has 0 aliphatic carbocycles. The fourth-order valence-electron chi connectivity index (χ4n) is 2.10. The third-order valence-corrected chi connectivity index (χ3v) is 3.48. The van der Waals surface area contributed by atoms with E-state index in [9.17, 15) is 4.79 Å². The van der Waals surface area contributed by atoms with Crippen LogP contribution in [0.5, 0.6) is 0 Å². The molecule has 4 nitrogen and oxygen atoms in total. The Morgan fingerprint density at radius 3 is 2.53 bits per heavy atom. The van der Waals surface area contributed by atoms with Gasteiger partial charge in [0.05, 0.1) is 0 Å². The van der Waals surface area contributed by atoms with Crippen LogP contribution in [-0.2, 0) is 4.79 Å². The lowest BCUT2D eigenvalue weighted by molar-refractivity contribution is -0.129. The lowest BCUT2D eigenvalue weighted by Gasteiger charge is -2.35. The van der Waals surface area contributed by atoms with Gasteiger partial charge in [-0.15, -0.1) is 0 Å². The van der Waals surface area contributed by atoms with Gasteiger partial charge in [-0.05, 0) is 34.5 Å². The number of anilines is 1. The number of aryl methyl sites for hydroxylation is 1. The fraction of sp³-hybridized carbons (Fsp3) is 0.500. The van der Waals surface area contributed by atoms with E-state index >= 15 is 0 Å². The van der Waals surface area contributed by atoms with E-state index < -0.39 is 0 Å². The third-order valence-electron chi connectivity index (χ3n) is 3.04. The molecule has 17 heavy (non-hydrogen) atoms. The molecule has 1 saturated heterocycles. The molecule has 1 amide bonds. The molecule has 5 heteroatoms. The van der Waals surface area contributed by atoms with E-state index in [-0.39, 0.29) is 5.91 Å². The van der Waals surface area contributed by atoms with Crippen molar-refractivity contribution in [2.24, 2.45) is 0 Å². The first-order chi connectivity index (χ1) is 8.08. The molecule has 1 aliphatic heterocycles. The Bertz CT molecular complexity index is 428. The Balaban J connectivity index is 2.08. The Morgan fingerprint density at radius 1 is 1.35 bits per heavy atom. The van der Waals surface area contributed by atoms with Crippen LogP contribution >= 0.6 is 15.9 Å². The monoisotopic (exact) mass is 297 g/mol. The zero-order chi connectivity index (χ0) is 12.4. The van der Waals surface area contributed by atoms with Crippen molar-refractivity contribution < 1.29 is 4.79 Å². The predicted molar refractivity (Wildman–Crippen MR) is 71.1 cm³/mol. The van der Waals surface area contributed by atoms with Crippen molar-refractivity contribution in [1.29, 1.82) is 0 Å². The highest BCUT2D eigenvalue weighted by atomic mass is 79.9. The van der Waals surface area contributed by atoms with Gasteiger partial charge >= 0.3 is 0 Å². The van der Waals surface area contributed by atoms with Crippen LogP contribution in [0.25, 0.3) is 0 Å². The molecule has 0 aromatic carbocycles. The van der Waals surface area contributed by atoms with Crippen molar-refractivity contribution in [3.63, 3.8) is 0 Å². The molecule has 0 atom stereocenters. The van der Waals surface area contributed by atoms with Gasteiger partial charge in [0, 0.05) is 43.8 Å². The highest BCUT2D eigenvalue weighted by Gasteiger charge is 2.20. The number of carbonyl (C=O) groups excluding carboxylic acids is 1. The summed E-state index contributed by atoms with van der Waals surface area (Å²) in [6, 6.07) is 2.07. The number of nitrogens with zero attached hydrogens (tertiary/aromatic N) is 3. The van der Waals surface area contributed by atoms with Crippen LogP contribution < -0.4 is 4.90 Å². The number of piperazine rings is 1. The maximum Gasteiger partial charge on any atom is 0.219 e. The summed E-state index contributed by atoms with van der Waals surface area (Å²) in [6.45, 7) is 6.96. The molecule has 0 N–H and O–H groups in total. The molecule has 1 fully saturated rings. The SMILES string of the molecule is CC(=O)N1CCN(c2ncc(Br)cc2C)CC1. The first-order valence-corrected chi connectivity index (χ1v) is 6.50. The van der Waals surface area contributed by atoms with E-state index in [0.717, 1.165) is 42.0 Å². The molecule has 1 aromatic heterocycles. The van der Waals surface area contributed by atoms with Crippen LogP contribution in [0.15, 0.2) is 16.7 Å². The summed E-state index contributed by atoms with van der Waals surface area (Å²) >= 11 is 3.41. The maximum absolute atomic E-state index is 11.2. The summed E-state index contributed by atoms with van der Waals surface area (Å²) in [5, 5.41) is 0. The van der Waals surface area contributed by atoms with Crippen LogP contribution in [0.1, 0.15) is 12.5 Å². The molecule has 0 unspecified atom stereocenters. The summed E-state index contributed by atoms with van der Waals surface area (Å²) in [4.78, 5) is 19.8. The van der Waals surface area contributed by atoms with E-state index in [4.69, 9.17) is 0 Å². The third kappa shape index (κ3) is 2.77. The van der Waals surface area contributed by atoms with Gasteiger partial charge in [-0.25, -0.2) is 4.98 Å². The summed E-state index contributed by atoms with van der Waals surface area (Å²) < 4.78 is 1.00. The summed E-state index contributed by atoms with van der Waals surface area (Å²) in [7, 11) is 0. The van der Waals surface area contributed by atoms with Gasteiger partial charge in [0.15, 0.2) is 0 Å². The molecule has 0 saturated carbocycles. The summed E-state index contributed by atoms with van der Waals surface area (Å²) in [6.07, 6.45) is 1.82. The number of hydrogen-bond donors (Lipinski definition) is 0. The van der Waals surface area contributed by atoms with Crippen molar-refractivity contribution in [3.8, 4) is 0 Å². The Morgan fingerprint density at radius 2 is 2.00 bits per heavy atom. The summed E-state index contributed by atoms with van der Waals surface area (Å²) in [5.41, 5.74) is 1.16. The van der Waals surface area contributed by atoms with Gasteiger partial charge in [-0.2, -0.15) is 0 Å². The molecular weight excluding hydrogens is 282 g/mol. The number of rotatable bonds is 1. The predicted octanol–water partition coefficient (Wildman–Crippen LogP) is 1.82. The number of amides is 1. The van der Waals surface area contributed by atoms with Gasteiger partial charge < -0.3 is 9.80 Å². The lowest BCUT2D eigenvalue weighted by atomic mass is 10.2. The van der Waals surface area contributed by atoms with Crippen molar-refractivity contribution in [2.75, 3.05) is 31.1 Å². The zero-order valence-corrected chi connectivity index (χ0v) is 11.7. The minimum Gasteiger partial charge on any atom is -0.353 e. The molecular formula is C12H16BrN3O. The van der Waals surface area contributed by atoms with Crippen molar-refractivity contribution in [2.45, 2.75) is 13.8 Å². The van der Waals surface area contributed by atoms with Crippen molar-refractivity contribution in [1.82, 2.24) is 9.88 Å². The molecule has 0 spiro atoms. The zero-order valence-electron chi connectivity index (χ0n) is 10.1. The molecule has 2 heterocycles. The molecule has 0 bridgehead atoms. The lowest BCUT2D eigenvalue weighted by Crippen LogP contribution is -2.48. The molecule has 0 radical (unpaired) electrons. The van der Waals surface area contributed by atoms with Crippen LogP contribution in [0.2, 0.25) is 0 Å². The minimum atomic E-state index is 0.158. The quantitative estimate of drug-likeness (QED) is 0.793. The number of hydrogen-bond acceptors (Lipinski definition) is 3.